The zero-order valence-electron chi connectivity index (χ0n) is 12.9. The van der Waals surface area contributed by atoms with E-state index in [0.717, 1.165) is 24.7 Å². The van der Waals surface area contributed by atoms with E-state index in [9.17, 15) is 13.6 Å². The van der Waals surface area contributed by atoms with E-state index in [1.165, 1.54) is 6.07 Å². The van der Waals surface area contributed by atoms with Crippen LogP contribution in [0, 0.1) is 11.6 Å². The summed E-state index contributed by atoms with van der Waals surface area (Å²) in [6.45, 7) is 5.67. The van der Waals surface area contributed by atoms with Gasteiger partial charge in [0.1, 0.15) is 0 Å². The normalized spacial score (nSPS) is 21.4. The molecule has 2 unspecified atom stereocenters. The highest BCUT2D eigenvalue weighted by Gasteiger charge is 2.27. The number of piperazine rings is 1. The molecule has 3 nitrogen and oxygen atoms in total. The molecule has 1 fully saturated rings. The fraction of sp³-hybridized carbons (Fsp3) is 0.562. The zero-order valence-corrected chi connectivity index (χ0v) is 13.8. The van der Waals surface area contributed by atoms with Crippen LogP contribution in [-0.2, 0) is 11.2 Å². The van der Waals surface area contributed by atoms with Gasteiger partial charge in [-0.1, -0.05) is 6.07 Å². The van der Waals surface area contributed by atoms with E-state index in [1.807, 2.05) is 11.8 Å². The summed E-state index contributed by atoms with van der Waals surface area (Å²) in [6.07, 6.45) is 1.67. The van der Waals surface area contributed by atoms with Gasteiger partial charge in [-0.2, -0.15) is 0 Å². The molecule has 22 heavy (non-hydrogen) atoms. The van der Waals surface area contributed by atoms with Crippen molar-refractivity contribution in [1.29, 1.82) is 0 Å². The van der Waals surface area contributed by atoms with E-state index in [2.05, 4.69) is 12.2 Å². The molecule has 0 saturated carbocycles. The molecule has 0 radical (unpaired) electrons. The first kappa shape index (κ1) is 18.8. The fourth-order valence-electron chi connectivity index (χ4n) is 2.69. The maximum atomic E-state index is 13.1. The average molecular weight is 333 g/mol. The third-order valence-electron chi connectivity index (χ3n) is 4.19. The van der Waals surface area contributed by atoms with Gasteiger partial charge >= 0.3 is 0 Å². The quantitative estimate of drug-likeness (QED) is 0.919. The Morgan fingerprint density at radius 3 is 2.73 bits per heavy atom. The Morgan fingerprint density at radius 1 is 1.32 bits per heavy atom. The van der Waals surface area contributed by atoms with Crippen molar-refractivity contribution in [3.05, 3.63) is 35.4 Å². The number of nitrogens with one attached hydrogen (secondary N) is 1. The fourth-order valence-corrected chi connectivity index (χ4v) is 2.69. The van der Waals surface area contributed by atoms with Crippen molar-refractivity contribution in [3.63, 3.8) is 0 Å². The molecule has 0 aliphatic carbocycles. The monoisotopic (exact) mass is 332 g/mol. The van der Waals surface area contributed by atoms with E-state index in [-0.39, 0.29) is 24.4 Å². The predicted molar refractivity (Wildman–Crippen MR) is 85.2 cm³/mol. The van der Waals surface area contributed by atoms with E-state index < -0.39 is 11.6 Å². The molecule has 1 aliphatic rings. The lowest BCUT2D eigenvalue weighted by Gasteiger charge is -2.38. The van der Waals surface area contributed by atoms with E-state index in [0.29, 0.717) is 25.3 Å². The minimum atomic E-state index is -0.835. The SMILES string of the molecule is CC1NCCN(C(=O)CCCc2ccc(F)c(F)c2)C1C.Cl. The van der Waals surface area contributed by atoms with Crippen molar-refractivity contribution in [2.75, 3.05) is 13.1 Å². The smallest absolute Gasteiger partial charge is 0.222 e. The number of halogens is 3. The number of rotatable bonds is 4. The molecular weight excluding hydrogens is 310 g/mol. The number of amides is 1. The van der Waals surface area contributed by atoms with Crippen LogP contribution in [-0.4, -0.2) is 36.0 Å². The van der Waals surface area contributed by atoms with Crippen molar-refractivity contribution >= 4 is 18.3 Å². The molecule has 1 N–H and O–H groups in total. The molecule has 0 spiro atoms. The molecule has 1 amide bonds. The van der Waals surface area contributed by atoms with Gasteiger partial charge < -0.3 is 10.2 Å². The highest BCUT2D eigenvalue weighted by molar-refractivity contribution is 5.85. The molecule has 124 valence electrons. The van der Waals surface area contributed by atoms with Crippen LogP contribution in [0.3, 0.4) is 0 Å². The first-order valence-corrected chi connectivity index (χ1v) is 7.46. The predicted octanol–water partition coefficient (Wildman–Crippen LogP) is 2.92. The summed E-state index contributed by atoms with van der Waals surface area (Å²) in [5.41, 5.74) is 0.725. The van der Waals surface area contributed by atoms with Gasteiger partial charge in [0.15, 0.2) is 11.6 Å². The summed E-state index contributed by atoms with van der Waals surface area (Å²) in [7, 11) is 0. The van der Waals surface area contributed by atoms with Crippen molar-refractivity contribution in [1.82, 2.24) is 10.2 Å². The van der Waals surface area contributed by atoms with Crippen molar-refractivity contribution in [2.45, 2.75) is 45.2 Å². The average Bonchev–Trinajstić information content (AvgIpc) is 2.45. The minimum Gasteiger partial charge on any atom is -0.337 e. The van der Waals surface area contributed by atoms with Gasteiger partial charge in [0, 0.05) is 31.6 Å². The Labute approximate surface area is 136 Å². The molecule has 1 aliphatic heterocycles. The second-order valence-electron chi connectivity index (χ2n) is 5.67. The van der Waals surface area contributed by atoms with Crippen molar-refractivity contribution in [2.24, 2.45) is 0 Å². The van der Waals surface area contributed by atoms with Crippen LogP contribution in [0.15, 0.2) is 18.2 Å². The third kappa shape index (κ3) is 4.65. The van der Waals surface area contributed by atoms with Crippen LogP contribution in [0.2, 0.25) is 0 Å². The second-order valence-corrected chi connectivity index (χ2v) is 5.67. The molecule has 1 heterocycles. The van der Waals surface area contributed by atoms with E-state index >= 15 is 0 Å². The molecule has 2 rings (SSSR count). The van der Waals surface area contributed by atoms with Crippen LogP contribution in [0.4, 0.5) is 8.78 Å². The summed E-state index contributed by atoms with van der Waals surface area (Å²) in [5.74, 6) is -1.53. The van der Waals surface area contributed by atoms with Gasteiger partial charge in [0.05, 0.1) is 0 Å². The molecule has 6 heteroatoms. The van der Waals surface area contributed by atoms with Gasteiger partial charge in [0.2, 0.25) is 5.91 Å². The van der Waals surface area contributed by atoms with Crippen LogP contribution in [0.5, 0.6) is 0 Å². The lowest BCUT2D eigenvalue weighted by atomic mass is 10.0. The molecule has 1 saturated heterocycles. The maximum Gasteiger partial charge on any atom is 0.222 e. The third-order valence-corrected chi connectivity index (χ3v) is 4.19. The molecule has 1 aromatic rings. The number of hydrogen-bond acceptors (Lipinski definition) is 2. The lowest BCUT2D eigenvalue weighted by Crippen LogP contribution is -2.57. The van der Waals surface area contributed by atoms with Crippen LogP contribution in [0.1, 0.15) is 32.3 Å². The van der Waals surface area contributed by atoms with Gasteiger partial charge in [-0.15, -0.1) is 12.4 Å². The molecule has 1 aromatic carbocycles. The lowest BCUT2D eigenvalue weighted by molar-refractivity contribution is -0.134. The number of aryl methyl sites for hydroxylation is 1. The van der Waals surface area contributed by atoms with Gasteiger partial charge in [-0.05, 0) is 44.4 Å². The first-order chi connectivity index (χ1) is 9.99. The first-order valence-electron chi connectivity index (χ1n) is 7.46. The molecule has 0 bridgehead atoms. The topological polar surface area (TPSA) is 32.3 Å². The van der Waals surface area contributed by atoms with Crippen LogP contribution in [0.25, 0.3) is 0 Å². The summed E-state index contributed by atoms with van der Waals surface area (Å²) in [6, 6.07) is 4.39. The number of hydrogen-bond donors (Lipinski definition) is 1. The number of benzene rings is 1. The molecular formula is C16H23ClF2N2O. The maximum absolute atomic E-state index is 13.1. The van der Waals surface area contributed by atoms with E-state index in [4.69, 9.17) is 0 Å². The van der Waals surface area contributed by atoms with Crippen molar-refractivity contribution in [3.8, 4) is 0 Å². The Kier molecular flexibility index (Phi) is 7.23. The summed E-state index contributed by atoms with van der Waals surface area (Å²) in [4.78, 5) is 14.1. The van der Waals surface area contributed by atoms with Crippen molar-refractivity contribution < 1.29 is 13.6 Å². The van der Waals surface area contributed by atoms with Gasteiger partial charge in [-0.3, -0.25) is 4.79 Å². The Morgan fingerprint density at radius 2 is 2.05 bits per heavy atom. The van der Waals surface area contributed by atoms with Gasteiger partial charge in [0.25, 0.3) is 0 Å². The second kappa shape index (κ2) is 8.44. The highest BCUT2D eigenvalue weighted by Crippen LogP contribution is 2.14. The Hall–Kier alpha value is -1.20. The molecule has 0 aromatic heterocycles. The Balaban J connectivity index is 0.00000242. The van der Waals surface area contributed by atoms with Crippen LogP contribution < -0.4 is 5.32 Å². The zero-order chi connectivity index (χ0) is 15.4. The van der Waals surface area contributed by atoms with E-state index in [1.54, 1.807) is 6.07 Å². The number of carbonyl (C=O) groups is 1. The summed E-state index contributed by atoms with van der Waals surface area (Å²) >= 11 is 0. The molecule has 2 atom stereocenters. The summed E-state index contributed by atoms with van der Waals surface area (Å²) < 4.78 is 25.9. The highest BCUT2D eigenvalue weighted by atomic mass is 35.5. The Bertz CT molecular complexity index is 513. The largest absolute Gasteiger partial charge is 0.337 e. The summed E-state index contributed by atoms with van der Waals surface area (Å²) in [5, 5.41) is 3.34. The minimum absolute atomic E-state index is 0. The van der Waals surface area contributed by atoms with Gasteiger partial charge in [-0.25, -0.2) is 8.78 Å². The van der Waals surface area contributed by atoms with Crippen LogP contribution >= 0.6 is 12.4 Å². The number of carbonyl (C=O) groups excluding carboxylic acids is 1. The number of nitrogens with zero attached hydrogens (tertiary/aromatic N) is 1. The standard InChI is InChI=1S/C16H22F2N2O.ClH/c1-11-12(2)20(9-8-19-11)16(21)5-3-4-13-6-7-14(17)15(18)10-13;/h6-7,10-12,19H,3-5,8-9H2,1-2H3;1H.